The molecule has 0 bridgehead atoms. The molecule has 360 valence electrons. The lowest BCUT2D eigenvalue weighted by Crippen LogP contribution is -2.30. The van der Waals surface area contributed by atoms with E-state index in [1.54, 1.807) is 0 Å². The van der Waals surface area contributed by atoms with Crippen LogP contribution in [0.1, 0.15) is 239 Å². The topological polar surface area (TPSA) is 78.9 Å². The Morgan fingerprint density at radius 2 is 0.619 bits per heavy atom. The van der Waals surface area contributed by atoms with E-state index in [-0.39, 0.29) is 31.1 Å². The maximum Gasteiger partial charge on any atom is 0.306 e. The molecule has 0 amide bonds. The molecule has 0 aliphatic carbocycles. The molecule has 0 aromatic rings. The average molecular weight is 877 g/mol. The second-order valence-electron chi connectivity index (χ2n) is 17.3. The minimum absolute atomic E-state index is 0.0886. The third kappa shape index (κ3) is 49.5. The molecule has 0 spiro atoms. The van der Waals surface area contributed by atoms with Crippen LogP contribution in [0.15, 0.2) is 85.1 Å². The SMILES string of the molecule is CC\C=C/C=C\C=C/C=C\C=C\C=C/C=C\CCCCCC(=O)OCC(COC(=O)CCCCCCCCCCCCCC)OC(=O)CCCCCCCCCCCCCCCC. The maximum atomic E-state index is 12.8. The first-order chi connectivity index (χ1) is 31.0. The molecule has 0 aromatic carbocycles. The monoisotopic (exact) mass is 877 g/mol. The number of ether oxygens (including phenoxy) is 3. The zero-order chi connectivity index (χ0) is 45.8. The van der Waals surface area contributed by atoms with Gasteiger partial charge in [-0.25, -0.2) is 0 Å². The zero-order valence-electron chi connectivity index (χ0n) is 41.1. The van der Waals surface area contributed by atoms with Crippen molar-refractivity contribution in [2.75, 3.05) is 13.2 Å². The van der Waals surface area contributed by atoms with E-state index in [0.717, 1.165) is 70.6 Å². The lowest BCUT2D eigenvalue weighted by molar-refractivity contribution is -0.167. The lowest BCUT2D eigenvalue weighted by atomic mass is 10.0. The number of carbonyl (C=O) groups is 3. The summed E-state index contributed by atoms with van der Waals surface area (Å²) in [5, 5.41) is 0. The Morgan fingerprint density at radius 3 is 0.968 bits per heavy atom. The fourth-order valence-electron chi connectivity index (χ4n) is 7.19. The second kappa shape index (κ2) is 51.2. The molecule has 1 atom stereocenters. The fraction of sp³-hybridized carbons (Fsp3) is 0.702. The summed E-state index contributed by atoms with van der Waals surface area (Å²) in [6, 6.07) is 0. The van der Waals surface area contributed by atoms with Crippen molar-refractivity contribution in [3.05, 3.63) is 85.1 Å². The Morgan fingerprint density at radius 1 is 0.333 bits per heavy atom. The highest BCUT2D eigenvalue weighted by molar-refractivity contribution is 5.71. The van der Waals surface area contributed by atoms with Crippen molar-refractivity contribution in [2.24, 2.45) is 0 Å². The summed E-state index contributed by atoms with van der Waals surface area (Å²) >= 11 is 0. The molecular weight excluding hydrogens is 781 g/mol. The largest absolute Gasteiger partial charge is 0.462 e. The summed E-state index contributed by atoms with van der Waals surface area (Å²) in [7, 11) is 0. The highest BCUT2D eigenvalue weighted by atomic mass is 16.6. The van der Waals surface area contributed by atoms with Crippen molar-refractivity contribution < 1.29 is 28.6 Å². The Balaban J connectivity index is 4.47. The molecule has 0 aliphatic heterocycles. The molecule has 0 saturated heterocycles. The van der Waals surface area contributed by atoms with Gasteiger partial charge in [-0.15, -0.1) is 0 Å². The Bertz CT molecular complexity index is 1240. The van der Waals surface area contributed by atoms with Crippen molar-refractivity contribution >= 4 is 17.9 Å². The van der Waals surface area contributed by atoms with Crippen LogP contribution in [0.5, 0.6) is 0 Å². The number of rotatable bonds is 46. The number of hydrogen-bond donors (Lipinski definition) is 0. The van der Waals surface area contributed by atoms with Crippen LogP contribution in [0, 0.1) is 0 Å². The van der Waals surface area contributed by atoms with Gasteiger partial charge in [-0.05, 0) is 38.5 Å². The smallest absolute Gasteiger partial charge is 0.306 e. The first kappa shape index (κ1) is 59.6. The van der Waals surface area contributed by atoms with E-state index in [1.165, 1.54) is 128 Å². The molecule has 0 aliphatic rings. The fourth-order valence-corrected chi connectivity index (χ4v) is 7.19. The van der Waals surface area contributed by atoms with Gasteiger partial charge in [0.05, 0.1) is 0 Å². The van der Waals surface area contributed by atoms with Gasteiger partial charge in [-0.2, -0.15) is 0 Å². The first-order valence-corrected chi connectivity index (χ1v) is 26.2. The van der Waals surface area contributed by atoms with Crippen LogP contribution < -0.4 is 0 Å². The van der Waals surface area contributed by atoms with Gasteiger partial charge in [0, 0.05) is 19.3 Å². The standard InChI is InChI=1S/C57H96O6/c1-4-7-10-13-16-19-22-25-27-28-29-30-31-33-35-38-41-44-47-50-56(59)62-53-54(52-61-55(58)49-46-43-40-37-34-24-21-18-15-12-9-6-3)63-57(60)51-48-45-42-39-36-32-26-23-20-17-14-11-8-5-2/h7,10,13,16,19,22,25,27-31,33,35,54H,4-6,8-9,11-12,14-15,17-18,20-21,23-24,26,32,34,36-53H2,1-3H3/b10-7-,16-13-,22-19-,27-25-,29-28+,31-30-,35-33-. The van der Waals surface area contributed by atoms with Crippen LogP contribution in [0.3, 0.4) is 0 Å². The predicted octanol–water partition coefficient (Wildman–Crippen LogP) is 17.2. The van der Waals surface area contributed by atoms with Crippen molar-refractivity contribution in [3.8, 4) is 0 Å². The summed E-state index contributed by atoms with van der Waals surface area (Å²) in [5.74, 6) is -0.931. The average Bonchev–Trinajstić information content (AvgIpc) is 3.28. The van der Waals surface area contributed by atoms with E-state index in [2.05, 4.69) is 32.9 Å². The van der Waals surface area contributed by atoms with E-state index in [1.807, 2.05) is 72.9 Å². The number of carbonyl (C=O) groups excluding carboxylic acids is 3. The number of esters is 3. The summed E-state index contributed by atoms with van der Waals surface area (Å²) in [4.78, 5) is 38.0. The molecule has 6 heteroatoms. The summed E-state index contributed by atoms with van der Waals surface area (Å²) in [6.45, 7) is 6.46. The van der Waals surface area contributed by atoms with Gasteiger partial charge in [0.15, 0.2) is 6.10 Å². The molecule has 0 fully saturated rings. The van der Waals surface area contributed by atoms with E-state index in [9.17, 15) is 14.4 Å². The molecule has 0 N–H and O–H groups in total. The van der Waals surface area contributed by atoms with Crippen molar-refractivity contribution in [2.45, 2.75) is 245 Å². The van der Waals surface area contributed by atoms with Gasteiger partial charge in [0.2, 0.25) is 0 Å². The van der Waals surface area contributed by atoms with E-state index >= 15 is 0 Å². The van der Waals surface area contributed by atoms with Crippen LogP contribution in [0.2, 0.25) is 0 Å². The molecule has 0 aromatic heterocycles. The minimum Gasteiger partial charge on any atom is -0.462 e. The molecule has 0 heterocycles. The molecule has 1 unspecified atom stereocenters. The van der Waals surface area contributed by atoms with Gasteiger partial charge in [0.25, 0.3) is 0 Å². The highest BCUT2D eigenvalue weighted by Gasteiger charge is 2.19. The zero-order valence-corrected chi connectivity index (χ0v) is 41.1. The third-order valence-corrected chi connectivity index (χ3v) is 11.1. The summed E-state index contributed by atoms with van der Waals surface area (Å²) in [5.41, 5.74) is 0. The molecule has 0 rings (SSSR count). The van der Waals surface area contributed by atoms with Gasteiger partial charge in [-0.3, -0.25) is 14.4 Å². The highest BCUT2D eigenvalue weighted by Crippen LogP contribution is 2.15. The first-order valence-electron chi connectivity index (χ1n) is 26.2. The van der Waals surface area contributed by atoms with Crippen molar-refractivity contribution in [1.82, 2.24) is 0 Å². The third-order valence-electron chi connectivity index (χ3n) is 11.1. The molecule has 0 saturated carbocycles. The second-order valence-corrected chi connectivity index (χ2v) is 17.3. The Hall–Kier alpha value is -3.41. The molecular formula is C57H96O6. The van der Waals surface area contributed by atoms with E-state index in [0.29, 0.717) is 19.3 Å². The number of unbranched alkanes of at least 4 members (excludes halogenated alkanes) is 27. The van der Waals surface area contributed by atoms with Gasteiger partial charge in [0.1, 0.15) is 13.2 Å². The van der Waals surface area contributed by atoms with Gasteiger partial charge >= 0.3 is 17.9 Å². The van der Waals surface area contributed by atoms with Crippen LogP contribution >= 0.6 is 0 Å². The van der Waals surface area contributed by atoms with E-state index in [4.69, 9.17) is 14.2 Å². The number of hydrogen-bond acceptors (Lipinski definition) is 6. The van der Waals surface area contributed by atoms with Crippen LogP contribution in [0.4, 0.5) is 0 Å². The summed E-state index contributed by atoms with van der Waals surface area (Å²) < 4.78 is 16.8. The molecule has 0 radical (unpaired) electrons. The number of allylic oxidation sites excluding steroid dienone is 14. The normalized spacial score (nSPS) is 12.7. The Kier molecular flexibility index (Phi) is 48.5. The van der Waals surface area contributed by atoms with Crippen molar-refractivity contribution in [1.29, 1.82) is 0 Å². The molecule has 63 heavy (non-hydrogen) atoms. The predicted molar refractivity (Wildman–Crippen MR) is 270 cm³/mol. The van der Waals surface area contributed by atoms with Gasteiger partial charge < -0.3 is 14.2 Å². The maximum absolute atomic E-state index is 12.8. The van der Waals surface area contributed by atoms with Crippen LogP contribution in [-0.4, -0.2) is 37.2 Å². The van der Waals surface area contributed by atoms with Crippen LogP contribution in [0.25, 0.3) is 0 Å². The quantitative estimate of drug-likeness (QED) is 0.0262. The molecule has 6 nitrogen and oxygen atoms in total. The summed E-state index contributed by atoms with van der Waals surface area (Å²) in [6.07, 6.45) is 65.6. The Labute approximate surface area is 388 Å². The van der Waals surface area contributed by atoms with Gasteiger partial charge in [-0.1, -0.05) is 266 Å². The lowest BCUT2D eigenvalue weighted by Gasteiger charge is -2.18. The minimum atomic E-state index is -0.791. The van der Waals surface area contributed by atoms with Crippen LogP contribution in [-0.2, 0) is 28.6 Å². The van der Waals surface area contributed by atoms with E-state index < -0.39 is 6.10 Å². The van der Waals surface area contributed by atoms with Crippen molar-refractivity contribution in [3.63, 3.8) is 0 Å².